The predicted octanol–water partition coefficient (Wildman–Crippen LogP) is 2.36. The van der Waals surface area contributed by atoms with E-state index < -0.39 is 0 Å². The summed E-state index contributed by atoms with van der Waals surface area (Å²) in [6, 6.07) is 8.06. The summed E-state index contributed by atoms with van der Waals surface area (Å²) in [7, 11) is 3.35. The molecular formula is C13H13NO2. The van der Waals surface area contributed by atoms with Crippen molar-refractivity contribution >= 4 is 22.9 Å². The van der Waals surface area contributed by atoms with Crippen molar-refractivity contribution < 1.29 is 9.53 Å². The first-order valence-corrected chi connectivity index (χ1v) is 5.02. The largest absolute Gasteiger partial charge is 0.466 e. The molecule has 1 aromatic carbocycles. The van der Waals surface area contributed by atoms with E-state index in [0.29, 0.717) is 0 Å². The highest BCUT2D eigenvalue weighted by Crippen LogP contribution is 2.21. The Kier molecular flexibility index (Phi) is 2.77. The lowest BCUT2D eigenvalue weighted by molar-refractivity contribution is -0.134. The first kappa shape index (κ1) is 10.5. The molecule has 0 aliphatic carbocycles. The average Bonchev–Trinajstić information content (AvgIpc) is 2.64. The molecule has 1 heterocycles. The normalized spacial score (nSPS) is 11.1. The van der Waals surface area contributed by atoms with Crippen LogP contribution in [-0.2, 0) is 16.6 Å². The summed E-state index contributed by atoms with van der Waals surface area (Å²) in [5.41, 5.74) is 2.16. The van der Waals surface area contributed by atoms with E-state index in [1.165, 1.54) is 13.2 Å². The van der Waals surface area contributed by atoms with Gasteiger partial charge in [0.2, 0.25) is 0 Å². The number of carbonyl (C=O) groups is 1. The van der Waals surface area contributed by atoms with Crippen LogP contribution in [-0.4, -0.2) is 17.6 Å². The van der Waals surface area contributed by atoms with E-state index in [1.807, 2.05) is 42.1 Å². The van der Waals surface area contributed by atoms with E-state index in [1.54, 1.807) is 6.08 Å². The number of esters is 1. The number of rotatable bonds is 2. The molecule has 0 N–H and O–H groups in total. The number of carbonyl (C=O) groups excluding carboxylic acids is 1. The Morgan fingerprint density at radius 2 is 2.12 bits per heavy atom. The third-order valence-corrected chi connectivity index (χ3v) is 2.53. The van der Waals surface area contributed by atoms with Crippen LogP contribution >= 0.6 is 0 Å². The van der Waals surface area contributed by atoms with Gasteiger partial charge in [-0.2, -0.15) is 0 Å². The molecule has 0 amide bonds. The Morgan fingerprint density at radius 1 is 1.38 bits per heavy atom. The van der Waals surface area contributed by atoms with Gasteiger partial charge < -0.3 is 9.30 Å². The quantitative estimate of drug-likeness (QED) is 0.569. The zero-order valence-electron chi connectivity index (χ0n) is 9.31. The number of para-hydroxylation sites is 1. The second-order valence-electron chi connectivity index (χ2n) is 3.57. The zero-order valence-corrected chi connectivity index (χ0v) is 9.31. The number of hydrogen-bond acceptors (Lipinski definition) is 2. The van der Waals surface area contributed by atoms with E-state index in [4.69, 9.17) is 0 Å². The minimum Gasteiger partial charge on any atom is -0.466 e. The number of aryl methyl sites for hydroxylation is 1. The number of nitrogens with zero attached hydrogens (tertiary/aromatic N) is 1. The van der Waals surface area contributed by atoms with Gasteiger partial charge in [-0.15, -0.1) is 0 Å². The summed E-state index contributed by atoms with van der Waals surface area (Å²) < 4.78 is 6.59. The molecule has 3 nitrogen and oxygen atoms in total. The number of fused-ring (bicyclic) bond motifs is 1. The van der Waals surface area contributed by atoms with Crippen LogP contribution in [0.2, 0.25) is 0 Å². The number of benzene rings is 1. The number of methoxy groups -OCH3 is 1. The smallest absolute Gasteiger partial charge is 0.330 e. The molecule has 0 aliphatic rings. The molecule has 0 bridgehead atoms. The van der Waals surface area contributed by atoms with Crippen molar-refractivity contribution in [1.29, 1.82) is 0 Å². The molecule has 82 valence electrons. The van der Waals surface area contributed by atoms with Gasteiger partial charge in [-0.1, -0.05) is 18.2 Å². The van der Waals surface area contributed by atoms with E-state index in [2.05, 4.69) is 4.74 Å². The molecule has 0 saturated carbocycles. The monoisotopic (exact) mass is 215 g/mol. The number of aromatic nitrogens is 1. The van der Waals surface area contributed by atoms with Crippen molar-refractivity contribution in [2.75, 3.05) is 7.11 Å². The molecule has 0 fully saturated rings. The van der Waals surface area contributed by atoms with Crippen LogP contribution in [0.1, 0.15) is 5.56 Å². The standard InChI is InChI=1S/C13H13NO2/c1-14-9-10(7-8-13(15)16-2)11-5-3-4-6-12(11)14/h3-9H,1-2H3. The Balaban J connectivity index is 2.46. The van der Waals surface area contributed by atoms with Gasteiger partial charge in [0, 0.05) is 35.8 Å². The molecule has 0 unspecified atom stereocenters. The second kappa shape index (κ2) is 4.23. The van der Waals surface area contributed by atoms with Crippen LogP contribution in [0.4, 0.5) is 0 Å². The van der Waals surface area contributed by atoms with Gasteiger partial charge in [-0.05, 0) is 12.1 Å². The Hall–Kier alpha value is -2.03. The van der Waals surface area contributed by atoms with E-state index in [0.717, 1.165) is 16.5 Å². The highest BCUT2D eigenvalue weighted by atomic mass is 16.5. The van der Waals surface area contributed by atoms with Gasteiger partial charge in [0.05, 0.1) is 7.11 Å². The highest BCUT2D eigenvalue weighted by molar-refractivity contribution is 5.94. The summed E-state index contributed by atoms with van der Waals surface area (Å²) in [4.78, 5) is 11.0. The summed E-state index contributed by atoms with van der Waals surface area (Å²) in [5, 5.41) is 1.13. The van der Waals surface area contributed by atoms with Gasteiger partial charge >= 0.3 is 5.97 Å². The van der Waals surface area contributed by atoms with Crippen molar-refractivity contribution in [2.45, 2.75) is 0 Å². The maximum Gasteiger partial charge on any atom is 0.330 e. The summed E-state index contributed by atoms with van der Waals surface area (Å²) in [6.07, 6.45) is 5.19. The third kappa shape index (κ3) is 1.84. The fourth-order valence-corrected chi connectivity index (χ4v) is 1.73. The lowest BCUT2D eigenvalue weighted by Gasteiger charge is -1.93. The van der Waals surface area contributed by atoms with Crippen LogP contribution in [0.3, 0.4) is 0 Å². The molecule has 2 rings (SSSR count). The first-order valence-electron chi connectivity index (χ1n) is 5.02. The second-order valence-corrected chi connectivity index (χ2v) is 3.57. The molecule has 0 saturated heterocycles. The van der Waals surface area contributed by atoms with Gasteiger partial charge in [-0.25, -0.2) is 4.79 Å². The van der Waals surface area contributed by atoms with E-state index in [9.17, 15) is 4.79 Å². The van der Waals surface area contributed by atoms with Gasteiger partial charge in [0.25, 0.3) is 0 Å². The number of hydrogen-bond donors (Lipinski definition) is 0. The molecule has 0 atom stereocenters. The van der Waals surface area contributed by atoms with E-state index in [-0.39, 0.29) is 5.97 Å². The zero-order chi connectivity index (χ0) is 11.5. The fourth-order valence-electron chi connectivity index (χ4n) is 1.73. The van der Waals surface area contributed by atoms with Gasteiger partial charge in [-0.3, -0.25) is 0 Å². The molecule has 16 heavy (non-hydrogen) atoms. The average molecular weight is 215 g/mol. The SMILES string of the molecule is COC(=O)C=Cc1cn(C)c2ccccc12. The molecule has 0 aliphatic heterocycles. The van der Waals surface area contributed by atoms with Crippen molar-refractivity contribution in [3.05, 3.63) is 42.1 Å². The Bertz CT molecular complexity index is 552. The lowest BCUT2D eigenvalue weighted by Crippen LogP contribution is -1.92. The van der Waals surface area contributed by atoms with Crippen LogP contribution in [0.25, 0.3) is 17.0 Å². The Labute approximate surface area is 93.9 Å². The lowest BCUT2D eigenvalue weighted by atomic mass is 10.1. The topological polar surface area (TPSA) is 31.2 Å². The predicted molar refractivity (Wildman–Crippen MR) is 64.0 cm³/mol. The Morgan fingerprint density at radius 3 is 2.88 bits per heavy atom. The first-order chi connectivity index (χ1) is 7.72. The molecule has 1 aromatic heterocycles. The van der Waals surface area contributed by atoms with Crippen LogP contribution in [0.5, 0.6) is 0 Å². The fraction of sp³-hybridized carbons (Fsp3) is 0.154. The summed E-state index contributed by atoms with van der Waals surface area (Å²) >= 11 is 0. The van der Waals surface area contributed by atoms with Crippen LogP contribution in [0.15, 0.2) is 36.5 Å². The maximum atomic E-state index is 11.0. The summed E-state index contributed by atoms with van der Waals surface area (Å²) in [5.74, 6) is -0.340. The minimum absolute atomic E-state index is 0.340. The van der Waals surface area contributed by atoms with Crippen LogP contribution in [0, 0.1) is 0 Å². The van der Waals surface area contributed by atoms with E-state index >= 15 is 0 Å². The van der Waals surface area contributed by atoms with Crippen molar-refractivity contribution in [3.8, 4) is 0 Å². The highest BCUT2D eigenvalue weighted by Gasteiger charge is 2.03. The molecule has 2 aromatic rings. The minimum atomic E-state index is -0.340. The van der Waals surface area contributed by atoms with Crippen molar-refractivity contribution in [3.63, 3.8) is 0 Å². The van der Waals surface area contributed by atoms with Gasteiger partial charge in [0.1, 0.15) is 0 Å². The number of ether oxygens (including phenoxy) is 1. The van der Waals surface area contributed by atoms with Gasteiger partial charge in [0.15, 0.2) is 0 Å². The van der Waals surface area contributed by atoms with Crippen molar-refractivity contribution in [2.24, 2.45) is 7.05 Å². The van der Waals surface area contributed by atoms with Crippen LogP contribution < -0.4 is 0 Å². The summed E-state index contributed by atoms with van der Waals surface area (Å²) in [6.45, 7) is 0. The molecule has 0 spiro atoms. The van der Waals surface area contributed by atoms with Crippen molar-refractivity contribution in [1.82, 2.24) is 4.57 Å². The maximum absolute atomic E-state index is 11.0. The molecule has 0 radical (unpaired) electrons. The molecular weight excluding hydrogens is 202 g/mol. The third-order valence-electron chi connectivity index (χ3n) is 2.53. The molecule has 3 heteroatoms.